The molecule has 2 nitrogen and oxygen atoms in total. The standard InChI is InChI=1S/C11H21NO/c1-9(6-7-13-2)10-4-3-5-11(12)8-10/h11H,3-8,12H2,1-2H3. The summed E-state index contributed by atoms with van der Waals surface area (Å²) in [5, 5.41) is 0. The molecule has 1 unspecified atom stereocenters. The van der Waals surface area contributed by atoms with Crippen LogP contribution in [0.5, 0.6) is 0 Å². The van der Waals surface area contributed by atoms with Crippen molar-refractivity contribution in [2.45, 2.75) is 45.1 Å². The van der Waals surface area contributed by atoms with Gasteiger partial charge in [0.05, 0.1) is 0 Å². The van der Waals surface area contributed by atoms with Crippen molar-refractivity contribution in [3.8, 4) is 0 Å². The molecular weight excluding hydrogens is 162 g/mol. The Morgan fingerprint density at radius 2 is 2.38 bits per heavy atom. The molecule has 0 aliphatic heterocycles. The molecular formula is C11H21NO. The number of hydrogen-bond donors (Lipinski definition) is 1. The Morgan fingerprint density at radius 3 is 3.00 bits per heavy atom. The summed E-state index contributed by atoms with van der Waals surface area (Å²) in [7, 11) is 1.75. The molecule has 1 aliphatic carbocycles. The Balaban J connectivity index is 2.45. The molecule has 0 aromatic heterocycles. The molecule has 0 radical (unpaired) electrons. The molecule has 2 heteroatoms. The van der Waals surface area contributed by atoms with Gasteiger partial charge in [0, 0.05) is 19.8 Å². The Kier molecular flexibility index (Phi) is 4.46. The van der Waals surface area contributed by atoms with Crippen molar-refractivity contribution < 1.29 is 4.74 Å². The summed E-state index contributed by atoms with van der Waals surface area (Å²) >= 11 is 0. The average Bonchev–Trinajstić information content (AvgIpc) is 2.14. The zero-order valence-electron chi connectivity index (χ0n) is 8.81. The van der Waals surface area contributed by atoms with Crippen LogP contribution in [0.4, 0.5) is 0 Å². The highest BCUT2D eigenvalue weighted by Crippen LogP contribution is 2.26. The summed E-state index contributed by atoms with van der Waals surface area (Å²) in [6, 6.07) is 0.404. The quantitative estimate of drug-likeness (QED) is 0.681. The van der Waals surface area contributed by atoms with E-state index in [4.69, 9.17) is 10.5 Å². The summed E-state index contributed by atoms with van der Waals surface area (Å²) in [6.07, 6.45) is 5.89. The Labute approximate surface area is 81.1 Å². The largest absolute Gasteiger partial charge is 0.384 e. The van der Waals surface area contributed by atoms with Gasteiger partial charge in [-0.05, 0) is 39.0 Å². The maximum Gasteiger partial charge on any atom is 0.0499 e. The lowest BCUT2D eigenvalue weighted by molar-refractivity contribution is 0.201. The monoisotopic (exact) mass is 183 g/mol. The van der Waals surface area contributed by atoms with Gasteiger partial charge in [0.25, 0.3) is 0 Å². The summed E-state index contributed by atoms with van der Waals surface area (Å²) in [6.45, 7) is 3.05. The number of hydrogen-bond acceptors (Lipinski definition) is 2. The lowest BCUT2D eigenvalue weighted by atomic mass is 9.88. The molecule has 0 aromatic carbocycles. The highest BCUT2D eigenvalue weighted by Gasteiger charge is 2.14. The number of nitrogens with two attached hydrogens (primary N) is 1. The maximum atomic E-state index is 5.93. The first-order valence-corrected chi connectivity index (χ1v) is 5.16. The second-order valence-corrected chi connectivity index (χ2v) is 3.98. The number of ether oxygens (including phenoxy) is 1. The van der Waals surface area contributed by atoms with E-state index >= 15 is 0 Å². The normalized spacial score (nSPS) is 27.5. The van der Waals surface area contributed by atoms with Crippen molar-refractivity contribution in [3.05, 3.63) is 11.1 Å². The minimum absolute atomic E-state index is 0.404. The van der Waals surface area contributed by atoms with Crippen LogP contribution < -0.4 is 5.73 Å². The van der Waals surface area contributed by atoms with Crippen LogP contribution in [0.3, 0.4) is 0 Å². The van der Waals surface area contributed by atoms with E-state index in [0.29, 0.717) is 6.04 Å². The van der Waals surface area contributed by atoms with Crippen LogP contribution in [-0.2, 0) is 4.74 Å². The third-order valence-electron chi connectivity index (χ3n) is 2.85. The van der Waals surface area contributed by atoms with Crippen LogP contribution in [0.15, 0.2) is 11.1 Å². The molecule has 1 rings (SSSR count). The first-order valence-electron chi connectivity index (χ1n) is 5.16. The van der Waals surface area contributed by atoms with Crippen LogP contribution in [0.2, 0.25) is 0 Å². The smallest absolute Gasteiger partial charge is 0.0499 e. The average molecular weight is 183 g/mol. The zero-order valence-corrected chi connectivity index (χ0v) is 8.81. The van der Waals surface area contributed by atoms with Crippen molar-refractivity contribution in [3.63, 3.8) is 0 Å². The van der Waals surface area contributed by atoms with Crippen LogP contribution in [0.1, 0.15) is 39.0 Å². The van der Waals surface area contributed by atoms with Gasteiger partial charge < -0.3 is 10.5 Å². The Hall–Kier alpha value is -0.340. The minimum atomic E-state index is 0.404. The first-order chi connectivity index (χ1) is 6.24. The predicted octanol–water partition coefficient (Wildman–Crippen LogP) is 2.24. The van der Waals surface area contributed by atoms with E-state index in [9.17, 15) is 0 Å². The van der Waals surface area contributed by atoms with Crippen molar-refractivity contribution in [2.75, 3.05) is 13.7 Å². The molecule has 1 saturated carbocycles. The third kappa shape index (κ3) is 3.49. The van der Waals surface area contributed by atoms with Gasteiger partial charge >= 0.3 is 0 Å². The molecule has 0 spiro atoms. The van der Waals surface area contributed by atoms with Crippen molar-refractivity contribution in [1.29, 1.82) is 0 Å². The third-order valence-corrected chi connectivity index (χ3v) is 2.85. The molecule has 0 bridgehead atoms. The van der Waals surface area contributed by atoms with Crippen molar-refractivity contribution >= 4 is 0 Å². The molecule has 0 amide bonds. The van der Waals surface area contributed by atoms with Crippen LogP contribution >= 0.6 is 0 Å². The highest BCUT2D eigenvalue weighted by molar-refractivity contribution is 5.15. The van der Waals surface area contributed by atoms with E-state index < -0.39 is 0 Å². The van der Waals surface area contributed by atoms with E-state index in [1.165, 1.54) is 24.8 Å². The molecule has 1 atom stereocenters. The van der Waals surface area contributed by atoms with Gasteiger partial charge in [-0.2, -0.15) is 0 Å². The van der Waals surface area contributed by atoms with Gasteiger partial charge in [-0.15, -0.1) is 0 Å². The van der Waals surface area contributed by atoms with E-state index in [1.807, 2.05) is 0 Å². The highest BCUT2D eigenvalue weighted by atomic mass is 16.5. The predicted molar refractivity (Wildman–Crippen MR) is 55.6 cm³/mol. The van der Waals surface area contributed by atoms with Crippen LogP contribution in [0.25, 0.3) is 0 Å². The summed E-state index contributed by atoms with van der Waals surface area (Å²) in [4.78, 5) is 0. The Bertz CT molecular complexity index is 187. The van der Waals surface area contributed by atoms with Gasteiger partial charge in [-0.3, -0.25) is 0 Å². The molecule has 76 valence electrons. The molecule has 0 heterocycles. The van der Waals surface area contributed by atoms with Crippen molar-refractivity contribution in [1.82, 2.24) is 0 Å². The number of methoxy groups -OCH3 is 1. The van der Waals surface area contributed by atoms with Gasteiger partial charge in [0.2, 0.25) is 0 Å². The summed E-state index contributed by atoms with van der Waals surface area (Å²) < 4.78 is 5.06. The summed E-state index contributed by atoms with van der Waals surface area (Å²) in [5.74, 6) is 0. The fourth-order valence-electron chi connectivity index (χ4n) is 1.92. The van der Waals surface area contributed by atoms with Gasteiger partial charge in [-0.1, -0.05) is 11.1 Å². The van der Waals surface area contributed by atoms with E-state index in [2.05, 4.69) is 6.92 Å². The lowest BCUT2D eigenvalue weighted by Crippen LogP contribution is -2.24. The van der Waals surface area contributed by atoms with E-state index in [-0.39, 0.29) is 0 Å². The van der Waals surface area contributed by atoms with Gasteiger partial charge in [0.1, 0.15) is 0 Å². The van der Waals surface area contributed by atoms with Crippen LogP contribution in [-0.4, -0.2) is 19.8 Å². The second-order valence-electron chi connectivity index (χ2n) is 3.98. The SMILES string of the molecule is COCCC(C)=C1CCCC(N)C1. The number of rotatable bonds is 3. The molecule has 0 saturated heterocycles. The van der Waals surface area contributed by atoms with Crippen LogP contribution in [0, 0.1) is 0 Å². The summed E-state index contributed by atoms with van der Waals surface area (Å²) in [5.41, 5.74) is 9.00. The molecule has 2 N–H and O–H groups in total. The van der Waals surface area contributed by atoms with E-state index in [0.717, 1.165) is 19.4 Å². The topological polar surface area (TPSA) is 35.2 Å². The van der Waals surface area contributed by atoms with E-state index in [1.54, 1.807) is 12.7 Å². The maximum absolute atomic E-state index is 5.93. The fourth-order valence-corrected chi connectivity index (χ4v) is 1.92. The van der Waals surface area contributed by atoms with Gasteiger partial charge in [-0.25, -0.2) is 0 Å². The molecule has 0 aromatic rings. The molecule has 1 fully saturated rings. The lowest BCUT2D eigenvalue weighted by Gasteiger charge is -2.22. The molecule has 1 aliphatic rings. The minimum Gasteiger partial charge on any atom is -0.384 e. The molecule has 13 heavy (non-hydrogen) atoms. The second kappa shape index (κ2) is 5.40. The van der Waals surface area contributed by atoms with Crippen molar-refractivity contribution in [2.24, 2.45) is 5.73 Å². The first kappa shape index (κ1) is 10.7. The zero-order chi connectivity index (χ0) is 9.68. The Morgan fingerprint density at radius 1 is 1.62 bits per heavy atom. The van der Waals surface area contributed by atoms with Gasteiger partial charge in [0.15, 0.2) is 0 Å². The fraction of sp³-hybridized carbons (Fsp3) is 0.818.